The van der Waals surface area contributed by atoms with E-state index in [0.717, 1.165) is 50.3 Å². The molecule has 21 heavy (non-hydrogen) atoms. The Bertz CT molecular complexity index is 457. The zero-order valence-electron chi connectivity index (χ0n) is 12.7. The molecular weight excluding hydrogens is 266 g/mol. The smallest absolute Gasteiger partial charge is 0.217 e. The summed E-state index contributed by atoms with van der Waals surface area (Å²) < 4.78 is 5.69. The van der Waals surface area contributed by atoms with Crippen molar-refractivity contribution in [1.82, 2.24) is 10.2 Å². The van der Waals surface area contributed by atoms with E-state index in [1.165, 1.54) is 0 Å². The summed E-state index contributed by atoms with van der Waals surface area (Å²) in [4.78, 5) is 13.4. The lowest BCUT2D eigenvalue weighted by Crippen LogP contribution is -2.44. The van der Waals surface area contributed by atoms with Crippen molar-refractivity contribution in [3.05, 3.63) is 24.3 Å². The lowest BCUT2D eigenvalue weighted by Gasteiger charge is -2.32. The van der Waals surface area contributed by atoms with E-state index < -0.39 is 0 Å². The molecule has 0 bridgehead atoms. The van der Waals surface area contributed by atoms with Crippen molar-refractivity contribution in [2.45, 2.75) is 32.2 Å². The minimum Gasteiger partial charge on any atom is -0.493 e. The van der Waals surface area contributed by atoms with Gasteiger partial charge in [-0.05, 0) is 31.4 Å². The van der Waals surface area contributed by atoms with Crippen LogP contribution in [-0.2, 0) is 4.79 Å². The summed E-state index contributed by atoms with van der Waals surface area (Å²) in [6.07, 6.45) is 3.07. The van der Waals surface area contributed by atoms with E-state index >= 15 is 0 Å². The van der Waals surface area contributed by atoms with E-state index in [-0.39, 0.29) is 5.91 Å². The van der Waals surface area contributed by atoms with Crippen LogP contribution in [0, 0.1) is 0 Å². The van der Waals surface area contributed by atoms with E-state index in [4.69, 9.17) is 10.5 Å². The fourth-order valence-electron chi connectivity index (χ4n) is 2.67. The standard InChI is InChI=1S/C16H25N3O2/c1-13(20)18-15-6-9-19(10-7-15)8-3-11-21-16-5-2-4-14(17)12-16/h2,4-5,12,15H,3,6-11,17H2,1H3,(H,18,20). The highest BCUT2D eigenvalue weighted by Crippen LogP contribution is 2.15. The highest BCUT2D eigenvalue weighted by atomic mass is 16.5. The first-order chi connectivity index (χ1) is 10.1. The van der Waals surface area contributed by atoms with Gasteiger partial charge in [-0.2, -0.15) is 0 Å². The van der Waals surface area contributed by atoms with Gasteiger partial charge in [0.15, 0.2) is 0 Å². The van der Waals surface area contributed by atoms with E-state index in [2.05, 4.69) is 10.2 Å². The molecular formula is C16H25N3O2. The number of nitrogen functional groups attached to an aromatic ring is 1. The Morgan fingerprint density at radius 3 is 2.86 bits per heavy atom. The molecule has 1 aromatic rings. The molecule has 5 heteroatoms. The van der Waals surface area contributed by atoms with Gasteiger partial charge < -0.3 is 20.7 Å². The summed E-state index contributed by atoms with van der Waals surface area (Å²) in [5, 5.41) is 2.99. The molecule has 1 heterocycles. The van der Waals surface area contributed by atoms with Gasteiger partial charge in [-0.15, -0.1) is 0 Å². The number of ether oxygens (including phenoxy) is 1. The van der Waals surface area contributed by atoms with Gasteiger partial charge >= 0.3 is 0 Å². The number of carbonyl (C=O) groups is 1. The van der Waals surface area contributed by atoms with E-state index in [0.29, 0.717) is 12.6 Å². The maximum Gasteiger partial charge on any atom is 0.217 e. The molecule has 1 fully saturated rings. The highest BCUT2D eigenvalue weighted by Gasteiger charge is 2.18. The molecule has 1 aliphatic heterocycles. The van der Waals surface area contributed by atoms with Crippen molar-refractivity contribution in [1.29, 1.82) is 0 Å². The summed E-state index contributed by atoms with van der Waals surface area (Å²) in [5.41, 5.74) is 6.44. The van der Waals surface area contributed by atoms with E-state index in [9.17, 15) is 4.79 Å². The van der Waals surface area contributed by atoms with Crippen LogP contribution in [0.4, 0.5) is 5.69 Å². The van der Waals surface area contributed by atoms with Crippen LogP contribution in [-0.4, -0.2) is 43.1 Å². The third kappa shape index (κ3) is 5.63. The number of carbonyl (C=O) groups excluding carboxylic acids is 1. The Labute approximate surface area is 126 Å². The Kier molecular flexibility index (Phi) is 5.87. The summed E-state index contributed by atoms with van der Waals surface area (Å²) in [6, 6.07) is 7.87. The third-order valence-electron chi connectivity index (χ3n) is 3.74. The van der Waals surface area contributed by atoms with Crippen LogP contribution in [0.3, 0.4) is 0 Å². The number of likely N-dealkylation sites (tertiary alicyclic amines) is 1. The van der Waals surface area contributed by atoms with Gasteiger partial charge in [0.05, 0.1) is 6.61 Å². The fraction of sp³-hybridized carbons (Fsp3) is 0.562. The van der Waals surface area contributed by atoms with Crippen molar-refractivity contribution in [3.63, 3.8) is 0 Å². The van der Waals surface area contributed by atoms with Crippen LogP contribution in [0.2, 0.25) is 0 Å². The van der Waals surface area contributed by atoms with Gasteiger partial charge in [-0.25, -0.2) is 0 Å². The van der Waals surface area contributed by atoms with Crippen LogP contribution in [0.5, 0.6) is 5.75 Å². The van der Waals surface area contributed by atoms with Crippen LogP contribution >= 0.6 is 0 Å². The molecule has 1 aliphatic rings. The summed E-state index contributed by atoms with van der Waals surface area (Å²) >= 11 is 0. The van der Waals surface area contributed by atoms with Crippen molar-refractivity contribution >= 4 is 11.6 Å². The minimum absolute atomic E-state index is 0.0731. The molecule has 1 saturated heterocycles. The largest absolute Gasteiger partial charge is 0.493 e. The molecule has 0 aliphatic carbocycles. The van der Waals surface area contributed by atoms with Gasteiger partial charge in [0, 0.05) is 44.4 Å². The lowest BCUT2D eigenvalue weighted by atomic mass is 10.0. The summed E-state index contributed by atoms with van der Waals surface area (Å²) in [5.74, 6) is 0.906. The predicted molar refractivity (Wildman–Crippen MR) is 84.2 cm³/mol. The first-order valence-electron chi connectivity index (χ1n) is 7.61. The molecule has 2 rings (SSSR count). The SMILES string of the molecule is CC(=O)NC1CCN(CCCOc2cccc(N)c2)CC1. The van der Waals surface area contributed by atoms with Crippen LogP contribution < -0.4 is 15.8 Å². The quantitative estimate of drug-likeness (QED) is 0.617. The van der Waals surface area contributed by atoms with Crippen LogP contribution in [0.25, 0.3) is 0 Å². The Hall–Kier alpha value is -1.75. The summed E-state index contributed by atoms with van der Waals surface area (Å²) in [6.45, 7) is 5.41. The molecule has 1 aromatic carbocycles. The number of anilines is 1. The number of amides is 1. The maximum absolute atomic E-state index is 11.0. The molecule has 3 N–H and O–H groups in total. The Morgan fingerprint density at radius 2 is 2.19 bits per heavy atom. The third-order valence-corrected chi connectivity index (χ3v) is 3.74. The van der Waals surface area contributed by atoms with Gasteiger partial charge in [-0.3, -0.25) is 4.79 Å². The number of piperidine rings is 1. The summed E-state index contributed by atoms with van der Waals surface area (Å²) in [7, 11) is 0. The minimum atomic E-state index is 0.0731. The van der Waals surface area contributed by atoms with Gasteiger partial charge in [0.1, 0.15) is 5.75 Å². The topological polar surface area (TPSA) is 67.6 Å². The van der Waals surface area contributed by atoms with Crippen LogP contribution in [0.1, 0.15) is 26.2 Å². The number of rotatable bonds is 6. The molecule has 5 nitrogen and oxygen atoms in total. The molecule has 116 valence electrons. The normalized spacial score (nSPS) is 16.6. The van der Waals surface area contributed by atoms with Gasteiger partial charge in [-0.1, -0.05) is 6.07 Å². The maximum atomic E-state index is 11.0. The average Bonchev–Trinajstić information content (AvgIpc) is 2.45. The number of nitrogens with one attached hydrogen (secondary N) is 1. The molecule has 1 amide bonds. The molecule has 0 saturated carbocycles. The highest BCUT2D eigenvalue weighted by molar-refractivity contribution is 5.73. The lowest BCUT2D eigenvalue weighted by molar-refractivity contribution is -0.119. The molecule has 0 radical (unpaired) electrons. The predicted octanol–water partition coefficient (Wildman–Crippen LogP) is 1.64. The monoisotopic (exact) mass is 291 g/mol. The molecule has 0 atom stereocenters. The fourth-order valence-corrected chi connectivity index (χ4v) is 2.67. The number of hydrogen-bond acceptors (Lipinski definition) is 4. The Balaban J connectivity index is 1.59. The van der Waals surface area contributed by atoms with Crippen molar-refractivity contribution in [2.24, 2.45) is 0 Å². The molecule has 0 unspecified atom stereocenters. The zero-order chi connectivity index (χ0) is 15.1. The van der Waals surface area contributed by atoms with Crippen LogP contribution in [0.15, 0.2) is 24.3 Å². The second-order valence-corrected chi connectivity index (χ2v) is 5.59. The van der Waals surface area contributed by atoms with Crippen molar-refractivity contribution in [2.75, 3.05) is 32.0 Å². The second kappa shape index (κ2) is 7.88. The van der Waals surface area contributed by atoms with Crippen molar-refractivity contribution in [3.8, 4) is 5.75 Å². The van der Waals surface area contributed by atoms with Gasteiger partial charge in [0.2, 0.25) is 5.91 Å². The number of hydrogen-bond donors (Lipinski definition) is 2. The molecule has 0 spiro atoms. The Morgan fingerprint density at radius 1 is 1.43 bits per heavy atom. The number of nitrogens with two attached hydrogens (primary N) is 1. The second-order valence-electron chi connectivity index (χ2n) is 5.59. The first-order valence-corrected chi connectivity index (χ1v) is 7.61. The number of nitrogens with zero attached hydrogens (tertiary/aromatic N) is 1. The van der Waals surface area contributed by atoms with Crippen molar-refractivity contribution < 1.29 is 9.53 Å². The van der Waals surface area contributed by atoms with E-state index in [1.807, 2.05) is 24.3 Å². The van der Waals surface area contributed by atoms with E-state index in [1.54, 1.807) is 6.92 Å². The molecule has 0 aromatic heterocycles. The zero-order valence-corrected chi connectivity index (χ0v) is 12.7. The first kappa shape index (κ1) is 15.6. The van der Waals surface area contributed by atoms with Gasteiger partial charge in [0.25, 0.3) is 0 Å². The average molecular weight is 291 g/mol. The number of benzene rings is 1.